The quantitative estimate of drug-likeness (QED) is 0.549. The Hall–Kier alpha value is -1.64. The lowest BCUT2D eigenvalue weighted by molar-refractivity contribution is 0.820. The molecule has 3 nitrogen and oxygen atoms in total. The third kappa shape index (κ3) is 3.86. The number of rotatable bonds is 0. The molecule has 0 aromatic carbocycles. The molecule has 0 radical (unpaired) electrons. The average molecular weight is 147 g/mol. The van der Waals surface area contributed by atoms with Crippen LogP contribution in [0.1, 0.15) is 0 Å². The van der Waals surface area contributed by atoms with Crippen molar-refractivity contribution in [2.75, 3.05) is 0 Å². The van der Waals surface area contributed by atoms with E-state index in [2.05, 4.69) is 15.7 Å². The Morgan fingerprint density at radius 1 is 0.636 bits per heavy atom. The minimum absolute atomic E-state index is 1.63. The van der Waals surface area contributed by atoms with Crippen LogP contribution in [-0.2, 0) is 0 Å². The number of nitrogens with one attached hydrogen (secondary N) is 1. The van der Waals surface area contributed by atoms with Gasteiger partial charge in [0.05, 0.1) is 0 Å². The monoisotopic (exact) mass is 147 g/mol. The molecular weight excluding hydrogens is 138 g/mol. The summed E-state index contributed by atoms with van der Waals surface area (Å²) >= 11 is 0. The van der Waals surface area contributed by atoms with Crippen molar-refractivity contribution in [3.05, 3.63) is 36.5 Å². The summed E-state index contributed by atoms with van der Waals surface area (Å²) in [4.78, 5) is 0. The molecule has 1 aliphatic heterocycles. The van der Waals surface area contributed by atoms with Gasteiger partial charge >= 0.3 is 0 Å². The molecule has 0 unspecified atom stereocenters. The molecule has 1 rings (SSSR count). The van der Waals surface area contributed by atoms with Crippen LogP contribution in [-0.4, -0.2) is 12.4 Å². The number of hydrogen-bond donors (Lipinski definition) is 1. The lowest BCUT2D eigenvalue weighted by atomic mass is 10.4. The van der Waals surface area contributed by atoms with Gasteiger partial charge in [-0.1, -0.05) is 24.3 Å². The molecule has 0 saturated carbocycles. The second-order valence-corrected chi connectivity index (χ2v) is 1.81. The summed E-state index contributed by atoms with van der Waals surface area (Å²) in [7, 11) is 0. The summed E-state index contributed by atoms with van der Waals surface area (Å²) in [6.45, 7) is 0. The zero-order valence-corrected chi connectivity index (χ0v) is 6.01. The van der Waals surface area contributed by atoms with Gasteiger partial charge in [0.15, 0.2) is 0 Å². The zero-order valence-electron chi connectivity index (χ0n) is 6.01. The van der Waals surface area contributed by atoms with Gasteiger partial charge in [0.1, 0.15) is 0 Å². The van der Waals surface area contributed by atoms with Gasteiger partial charge in [0.2, 0.25) is 0 Å². The SMILES string of the molecule is C1=C\C=C/C=N\N/N=C\C=C/1. The third-order valence-electron chi connectivity index (χ3n) is 0.992. The van der Waals surface area contributed by atoms with Gasteiger partial charge in [0, 0.05) is 12.4 Å². The first-order valence-electron chi connectivity index (χ1n) is 3.30. The van der Waals surface area contributed by atoms with Gasteiger partial charge in [0.25, 0.3) is 0 Å². The van der Waals surface area contributed by atoms with E-state index in [1.54, 1.807) is 12.4 Å². The van der Waals surface area contributed by atoms with Crippen molar-refractivity contribution in [3.63, 3.8) is 0 Å². The second-order valence-electron chi connectivity index (χ2n) is 1.81. The molecule has 0 aromatic rings. The number of allylic oxidation sites excluding steroid dienone is 6. The molecule has 1 heterocycles. The maximum absolute atomic E-state index is 3.75. The lowest BCUT2D eigenvalue weighted by Gasteiger charge is -1.82. The van der Waals surface area contributed by atoms with E-state index in [1.165, 1.54) is 0 Å². The smallest absolute Gasteiger partial charge is 0.0488 e. The molecule has 0 atom stereocenters. The fourth-order valence-corrected chi connectivity index (χ4v) is 0.542. The molecule has 0 amide bonds. The molecule has 0 fully saturated rings. The highest BCUT2D eigenvalue weighted by atomic mass is 15.5. The normalized spacial score (nSPS) is 30.5. The fourth-order valence-electron chi connectivity index (χ4n) is 0.542. The maximum Gasteiger partial charge on any atom is 0.0488 e. The largest absolute Gasteiger partial charge is 0.198 e. The average Bonchev–Trinajstić information content (AvgIpc) is 2.08. The van der Waals surface area contributed by atoms with Gasteiger partial charge in [-0.25, -0.2) is 0 Å². The van der Waals surface area contributed by atoms with E-state index in [0.717, 1.165) is 0 Å². The Morgan fingerprint density at radius 3 is 1.64 bits per heavy atom. The molecule has 11 heavy (non-hydrogen) atoms. The van der Waals surface area contributed by atoms with Gasteiger partial charge < -0.3 is 0 Å². The van der Waals surface area contributed by atoms with Crippen molar-refractivity contribution in [2.45, 2.75) is 0 Å². The van der Waals surface area contributed by atoms with Gasteiger partial charge in [-0.3, -0.25) is 0 Å². The highest BCUT2D eigenvalue weighted by Gasteiger charge is 1.67. The van der Waals surface area contributed by atoms with Crippen LogP contribution in [0.15, 0.2) is 46.7 Å². The predicted octanol–water partition coefficient (Wildman–Crippen LogP) is 1.23. The van der Waals surface area contributed by atoms with Crippen LogP contribution < -0.4 is 5.53 Å². The van der Waals surface area contributed by atoms with Gasteiger partial charge in [-0.05, 0) is 12.2 Å². The van der Waals surface area contributed by atoms with Crippen molar-refractivity contribution < 1.29 is 0 Å². The Kier molecular flexibility index (Phi) is 3.51. The first-order chi connectivity index (χ1) is 5.50. The molecular formula is C8H9N3. The number of nitrogens with zero attached hydrogens (tertiary/aromatic N) is 2. The van der Waals surface area contributed by atoms with Crippen LogP contribution in [0.2, 0.25) is 0 Å². The molecule has 3 heteroatoms. The van der Waals surface area contributed by atoms with E-state index in [0.29, 0.717) is 0 Å². The summed E-state index contributed by atoms with van der Waals surface area (Å²) in [5.41, 5.74) is 2.49. The summed E-state index contributed by atoms with van der Waals surface area (Å²) in [6, 6.07) is 0. The standard InChI is InChI=1S/C8H9N3/c1-2-4-6-8-10-11-9-7-5-3-1/h1-8,11H/b2-1-,5-3-,6-4-,9-7-,10-8-. The topological polar surface area (TPSA) is 36.8 Å². The first kappa shape index (κ1) is 7.47. The van der Waals surface area contributed by atoms with Crippen LogP contribution in [0.3, 0.4) is 0 Å². The number of hydrogen-bond acceptors (Lipinski definition) is 3. The van der Waals surface area contributed by atoms with Crippen molar-refractivity contribution in [1.82, 2.24) is 5.53 Å². The molecule has 1 N–H and O–H groups in total. The van der Waals surface area contributed by atoms with Gasteiger partial charge in [-0.15, -0.1) is 0 Å². The summed E-state index contributed by atoms with van der Waals surface area (Å²) in [5, 5.41) is 7.49. The molecule has 0 aromatic heterocycles. The zero-order chi connectivity index (χ0) is 7.78. The molecule has 0 saturated heterocycles. The Morgan fingerprint density at radius 2 is 1.09 bits per heavy atom. The number of hydrazone groups is 2. The molecule has 1 aliphatic rings. The Bertz CT molecular complexity index is 210. The highest BCUT2D eigenvalue weighted by molar-refractivity contribution is 5.73. The minimum atomic E-state index is 1.63. The van der Waals surface area contributed by atoms with Crippen molar-refractivity contribution in [2.24, 2.45) is 10.2 Å². The van der Waals surface area contributed by atoms with E-state index < -0.39 is 0 Å². The Labute approximate surface area is 65.5 Å². The predicted molar refractivity (Wildman–Crippen MR) is 47.5 cm³/mol. The molecule has 0 aliphatic carbocycles. The summed E-state index contributed by atoms with van der Waals surface area (Å²) in [5.74, 6) is 0. The molecule has 0 spiro atoms. The third-order valence-corrected chi connectivity index (χ3v) is 0.992. The lowest BCUT2D eigenvalue weighted by Crippen LogP contribution is -1.92. The molecule has 0 bridgehead atoms. The van der Waals surface area contributed by atoms with E-state index in [-0.39, 0.29) is 0 Å². The van der Waals surface area contributed by atoms with E-state index in [9.17, 15) is 0 Å². The van der Waals surface area contributed by atoms with Crippen molar-refractivity contribution in [1.29, 1.82) is 0 Å². The van der Waals surface area contributed by atoms with Crippen LogP contribution in [0, 0.1) is 0 Å². The second kappa shape index (κ2) is 5.17. The summed E-state index contributed by atoms with van der Waals surface area (Å²) < 4.78 is 0. The Balaban J connectivity index is 2.61. The maximum atomic E-state index is 3.75. The van der Waals surface area contributed by atoms with Crippen LogP contribution in [0.4, 0.5) is 0 Å². The van der Waals surface area contributed by atoms with Gasteiger partial charge in [-0.2, -0.15) is 15.7 Å². The van der Waals surface area contributed by atoms with Crippen molar-refractivity contribution >= 4 is 12.4 Å². The van der Waals surface area contributed by atoms with Crippen LogP contribution in [0.5, 0.6) is 0 Å². The highest BCUT2D eigenvalue weighted by Crippen LogP contribution is 1.79. The van der Waals surface area contributed by atoms with E-state index >= 15 is 0 Å². The van der Waals surface area contributed by atoms with Crippen molar-refractivity contribution in [3.8, 4) is 0 Å². The fraction of sp³-hybridized carbons (Fsp3) is 0. The van der Waals surface area contributed by atoms with E-state index in [1.807, 2.05) is 36.5 Å². The molecule has 56 valence electrons. The first-order valence-corrected chi connectivity index (χ1v) is 3.30. The van der Waals surface area contributed by atoms with Crippen LogP contribution in [0.25, 0.3) is 0 Å². The van der Waals surface area contributed by atoms with E-state index in [4.69, 9.17) is 0 Å². The minimum Gasteiger partial charge on any atom is -0.198 e. The summed E-state index contributed by atoms with van der Waals surface area (Å²) in [6.07, 6.45) is 14.5. The van der Waals surface area contributed by atoms with Crippen LogP contribution >= 0.6 is 0 Å².